The number of pyridine rings is 1. The number of nitrogens with one attached hydrogen (secondary N) is 1. The first-order valence-electron chi connectivity index (χ1n) is 4.44. The van der Waals surface area contributed by atoms with Gasteiger partial charge >= 0.3 is 6.03 Å². The molecule has 0 spiro atoms. The van der Waals surface area contributed by atoms with Gasteiger partial charge in [0, 0.05) is 13.1 Å². The van der Waals surface area contributed by atoms with Crippen molar-refractivity contribution in [3.05, 3.63) is 24.1 Å². The number of urea groups is 1. The van der Waals surface area contributed by atoms with Gasteiger partial charge in [-0.3, -0.25) is 4.90 Å². The summed E-state index contributed by atoms with van der Waals surface area (Å²) in [6.45, 7) is 1.32. The third-order valence-corrected chi connectivity index (χ3v) is 2.07. The van der Waals surface area contributed by atoms with Gasteiger partial charge in [0.05, 0.1) is 6.20 Å². The summed E-state index contributed by atoms with van der Waals surface area (Å²) in [4.78, 5) is 16.7. The molecule has 0 bridgehead atoms. The van der Waals surface area contributed by atoms with Gasteiger partial charge in [-0.25, -0.2) is 14.2 Å². The number of halogens is 1. The zero-order valence-corrected chi connectivity index (χ0v) is 7.53. The van der Waals surface area contributed by atoms with Crippen LogP contribution in [-0.4, -0.2) is 24.1 Å². The standard InChI is InChI=1S/C9H10FN3O/c10-7-2-3-8(12-6-7)13-5-1-4-11-9(13)14/h2-3,6H,1,4-5H2,(H,11,14). The number of rotatable bonds is 1. The molecule has 4 nitrogen and oxygen atoms in total. The van der Waals surface area contributed by atoms with Gasteiger partial charge in [-0.1, -0.05) is 0 Å². The number of amides is 2. The second-order valence-electron chi connectivity index (χ2n) is 3.07. The Morgan fingerprint density at radius 1 is 1.50 bits per heavy atom. The molecule has 2 amide bonds. The average molecular weight is 195 g/mol. The first kappa shape index (κ1) is 8.93. The smallest absolute Gasteiger partial charge is 0.323 e. The van der Waals surface area contributed by atoms with Gasteiger partial charge in [-0.2, -0.15) is 0 Å². The number of anilines is 1. The maximum absolute atomic E-state index is 12.6. The van der Waals surface area contributed by atoms with Crippen LogP contribution in [0.1, 0.15) is 6.42 Å². The minimum atomic E-state index is -0.397. The third kappa shape index (κ3) is 1.66. The lowest BCUT2D eigenvalue weighted by Crippen LogP contribution is -2.46. The molecule has 0 aromatic carbocycles. The quantitative estimate of drug-likeness (QED) is 0.730. The van der Waals surface area contributed by atoms with Crippen LogP contribution >= 0.6 is 0 Å². The van der Waals surface area contributed by atoms with Crippen molar-refractivity contribution in [1.29, 1.82) is 0 Å². The van der Waals surface area contributed by atoms with E-state index >= 15 is 0 Å². The van der Waals surface area contributed by atoms with Crippen LogP contribution in [0.3, 0.4) is 0 Å². The number of carbonyl (C=O) groups excluding carboxylic acids is 1. The van der Waals surface area contributed by atoms with Gasteiger partial charge in [0.25, 0.3) is 0 Å². The minimum absolute atomic E-state index is 0.171. The Bertz CT molecular complexity index is 338. The first-order chi connectivity index (χ1) is 6.77. The number of nitrogens with zero attached hydrogens (tertiary/aromatic N) is 2. The van der Waals surface area contributed by atoms with Gasteiger partial charge in [0.1, 0.15) is 11.6 Å². The van der Waals surface area contributed by atoms with E-state index in [0.717, 1.165) is 12.6 Å². The second-order valence-corrected chi connectivity index (χ2v) is 3.07. The maximum atomic E-state index is 12.6. The lowest BCUT2D eigenvalue weighted by Gasteiger charge is -2.26. The molecule has 74 valence electrons. The van der Waals surface area contributed by atoms with E-state index in [9.17, 15) is 9.18 Å². The molecule has 5 heteroatoms. The van der Waals surface area contributed by atoms with Crippen molar-refractivity contribution in [3.63, 3.8) is 0 Å². The Kier molecular flexibility index (Phi) is 2.30. The third-order valence-electron chi connectivity index (χ3n) is 2.07. The summed E-state index contributed by atoms with van der Waals surface area (Å²) in [6.07, 6.45) is 1.99. The summed E-state index contributed by atoms with van der Waals surface area (Å²) in [6, 6.07) is 2.63. The molecule has 1 fully saturated rings. The van der Waals surface area contributed by atoms with Crippen LogP contribution in [-0.2, 0) is 0 Å². The molecular formula is C9H10FN3O. The topological polar surface area (TPSA) is 45.2 Å². The highest BCUT2D eigenvalue weighted by Crippen LogP contribution is 2.13. The van der Waals surface area contributed by atoms with E-state index in [-0.39, 0.29) is 6.03 Å². The number of hydrogen-bond donors (Lipinski definition) is 1. The Morgan fingerprint density at radius 2 is 2.36 bits per heavy atom. The van der Waals surface area contributed by atoms with Gasteiger partial charge in [-0.15, -0.1) is 0 Å². The number of aromatic nitrogens is 1. The highest BCUT2D eigenvalue weighted by Gasteiger charge is 2.19. The van der Waals surface area contributed by atoms with Gasteiger partial charge in [0.15, 0.2) is 0 Å². The first-order valence-corrected chi connectivity index (χ1v) is 4.44. The molecule has 0 aliphatic carbocycles. The fourth-order valence-corrected chi connectivity index (χ4v) is 1.38. The van der Waals surface area contributed by atoms with Crippen LogP contribution in [0.2, 0.25) is 0 Å². The van der Waals surface area contributed by atoms with Crippen molar-refractivity contribution in [2.75, 3.05) is 18.0 Å². The van der Waals surface area contributed by atoms with Crippen LogP contribution in [0.15, 0.2) is 18.3 Å². The predicted molar refractivity (Wildman–Crippen MR) is 49.6 cm³/mol. The van der Waals surface area contributed by atoms with E-state index < -0.39 is 5.82 Å². The summed E-state index contributed by atoms with van der Waals surface area (Å²) in [5.41, 5.74) is 0. The van der Waals surface area contributed by atoms with Gasteiger partial charge in [-0.05, 0) is 18.6 Å². The van der Waals surface area contributed by atoms with Crippen molar-refractivity contribution >= 4 is 11.8 Å². The molecular weight excluding hydrogens is 185 g/mol. The fourth-order valence-electron chi connectivity index (χ4n) is 1.38. The monoisotopic (exact) mass is 195 g/mol. The van der Waals surface area contributed by atoms with Gasteiger partial charge in [0.2, 0.25) is 0 Å². The van der Waals surface area contributed by atoms with Crippen LogP contribution in [0.25, 0.3) is 0 Å². The summed E-state index contributed by atoms with van der Waals surface area (Å²) >= 11 is 0. The van der Waals surface area contributed by atoms with Crippen LogP contribution in [0.4, 0.5) is 15.0 Å². The molecule has 0 unspecified atom stereocenters. The Labute approximate surface area is 80.7 Å². The minimum Gasteiger partial charge on any atom is -0.338 e. The van der Waals surface area contributed by atoms with Crippen molar-refractivity contribution in [3.8, 4) is 0 Å². The van der Waals surface area contributed by atoms with Crippen LogP contribution in [0.5, 0.6) is 0 Å². The number of carbonyl (C=O) groups is 1. The molecule has 2 heterocycles. The van der Waals surface area contributed by atoms with E-state index in [0.29, 0.717) is 18.9 Å². The van der Waals surface area contributed by atoms with E-state index in [1.165, 1.54) is 17.0 Å². The molecule has 14 heavy (non-hydrogen) atoms. The molecule has 0 saturated carbocycles. The SMILES string of the molecule is O=C1NCCCN1c1ccc(F)cn1. The highest BCUT2D eigenvalue weighted by atomic mass is 19.1. The van der Waals surface area contributed by atoms with Crippen LogP contribution < -0.4 is 10.2 Å². The summed E-state index contributed by atoms with van der Waals surface area (Å²) in [5.74, 6) is 0.0924. The zero-order chi connectivity index (χ0) is 9.97. The van der Waals surface area contributed by atoms with Crippen molar-refractivity contribution in [2.24, 2.45) is 0 Å². The highest BCUT2D eigenvalue weighted by molar-refractivity contribution is 5.91. The van der Waals surface area contributed by atoms with E-state index in [4.69, 9.17) is 0 Å². The van der Waals surface area contributed by atoms with Crippen molar-refractivity contribution in [1.82, 2.24) is 10.3 Å². The van der Waals surface area contributed by atoms with E-state index in [2.05, 4.69) is 10.3 Å². The summed E-state index contributed by atoms with van der Waals surface area (Å²) in [5, 5.41) is 2.70. The molecule has 1 aromatic heterocycles. The number of hydrogen-bond acceptors (Lipinski definition) is 2. The zero-order valence-electron chi connectivity index (χ0n) is 7.53. The second kappa shape index (κ2) is 3.61. The average Bonchev–Trinajstić information content (AvgIpc) is 2.20. The van der Waals surface area contributed by atoms with Gasteiger partial charge < -0.3 is 5.32 Å². The molecule has 1 aliphatic rings. The van der Waals surface area contributed by atoms with E-state index in [1.807, 2.05) is 0 Å². The molecule has 0 radical (unpaired) electrons. The predicted octanol–water partition coefficient (Wildman–Crippen LogP) is 1.14. The lowest BCUT2D eigenvalue weighted by atomic mass is 10.3. The lowest BCUT2D eigenvalue weighted by molar-refractivity contribution is 0.242. The van der Waals surface area contributed by atoms with E-state index in [1.54, 1.807) is 0 Å². The van der Waals surface area contributed by atoms with Crippen molar-refractivity contribution in [2.45, 2.75) is 6.42 Å². The summed E-state index contributed by atoms with van der Waals surface area (Å²) < 4.78 is 12.6. The Hall–Kier alpha value is -1.65. The fraction of sp³-hybridized carbons (Fsp3) is 0.333. The molecule has 1 N–H and O–H groups in total. The largest absolute Gasteiger partial charge is 0.338 e. The Balaban J connectivity index is 2.20. The molecule has 1 aliphatic heterocycles. The molecule has 1 saturated heterocycles. The van der Waals surface area contributed by atoms with Crippen LogP contribution in [0, 0.1) is 5.82 Å². The Morgan fingerprint density at radius 3 is 3.00 bits per heavy atom. The normalized spacial score (nSPS) is 16.6. The molecule has 0 atom stereocenters. The maximum Gasteiger partial charge on any atom is 0.323 e. The van der Waals surface area contributed by atoms with Crippen molar-refractivity contribution < 1.29 is 9.18 Å². The summed E-state index contributed by atoms with van der Waals surface area (Å²) in [7, 11) is 0. The molecule has 2 rings (SSSR count). The molecule has 1 aromatic rings.